The van der Waals surface area contributed by atoms with E-state index in [2.05, 4.69) is 4.98 Å². The van der Waals surface area contributed by atoms with E-state index in [-0.39, 0.29) is 12.3 Å². The molecule has 2 aromatic carbocycles. The summed E-state index contributed by atoms with van der Waals surface area (Å²) in [5.41, 5.74) is 11.0. The van der Waals surface area contributed by atoms with Gasteiger partial charge in [-0.15, -0.1) is 0 Å². The molecule has 1 aliphatic heterocycles. The standard InChI is InChI=1S/C24H22N4O3/c25-21(29)14-17-13-20(15-4-2-1-3-5-15)27-23-18-12-16(6-7-19(18)26-22(17)23)24(30)28-8-10-31-11-9-28/h1-7,12-13,26H,8-11,14H2,(H2,25,29). The number of nitrogens with zero attached hydrogens (tertiary/aromatic N) is 2. The van der Waals surface area contributed by atoms with Gasteiger partial charge in [-0.05, 0) is 29.8 Å². The van der Waals surface area contributed by atoms with Crippen molar-refractivity contribution < 1.29 is 14.3 Å². The van der Waals surface area contributed by atoms with E-state index in [0.29, 0.717) is 31.9 Å². The molecule has 0 atom stereocenters. The summed E-state index contributed by atoms with van der Waals surface area (Å²) in [6.07, 6.45) is 0.102. The monoisotopic (exact) mass is 414 g/mol. The lowest BCUT2D eigenvalue weighted by Gasteiger charge is -2.26. The van der Waals surface area contributed by atoms with E-state index in [0.717, 1.165) is 38.8 Å². The number of primary amides is 1. The van der Waals surface area contributed by atoms with Crippen molar-refractivity contribution >= 4 is 33.8 Å². The smallest absolute Gasteiger partial charge is 0.254 e. The fourth-order valence-corrected chi connectivity index (χ4v) is 4.08. The first kappa shape index (κ1) is 19.3. The number of benzene rings is 2. The Morgan fingerprint density at radius 3 is 2.58 bits per heavy atom. The number of nitrogens with one attached hydrogen (secondary N) is 1. The first-order valence-electron chi connectivity index (χ1n) is 10.3. The van der Waals surface area contributed by atoms with Gasteiger partial charge in [0.05, 0.1) is 36.4 Å². The van der Waals surface area contributed by atoms with Crippen LogP contribution in [0.2, 0.25) is 0 Å². The van der Waals surface area contributed by atoms with Crippen LogP contribution in [0.5, 0.6) is 0 Å². The van der Waals surface area contributed by atoms with E-state index in [9.17, 15) is 9.59 Å². The molecule has 156 valence electrons. The van der Waals surface area contributed by atoms with Crippen molar-refractivity contribution in [3.8, 4) is 11.3 Å². The number of ether oxygens (including phenoxy) is 1. The first-order valence-corrected chi connectivity index (χ1v) is 10.3. The van der Waals surface area contributed by atoms with Crippen molar-refractivity contribution in [2.24, 2.45) is 5.73 Å². The van der Waals surface area contributed by atoms with E-state index in [4.69, 9.17) is 15.5 Å². The molecule has 5 rings (SSSR count). The molecular formula is C24H22N4O3. The van der Waals surface area contributed by atoms with Crippen LogP contribution in [0, 0.1) is 0 Å². The molecule has 4 aromatic rings. The number of hydrogen-bond donors (Lipinski definition) is 2. The summed E-state index contributed by atoms with van der Waals surface area (Å²) in [4.78, 5) is 34.8. The van der Waals surface area contributed by atoms with E-state index in [1.165, 1.54) is 0 Å². The summed E-state index contributed by atoms with van der Waals surface area (Å²) in [6.45, 7) is 2.28. The van der Waals surface area contributed by atoms with Gasteiger partial charge < -0.3 is 20.4 Å². The maximum Gasteiger partial charge on any atom is 0.254 e. The van der Waals surface area contributed by atoms with E-state index in [1.807, 2.05) is 54.6 Å². The molecule has 3 heterocycles. The van der Waals surface area contributed by atoms with Gasteiger partial charge >= 0.3 is 0 Å². The van der Waals surface area contributed by atoms with Crippen LogP contribution >= 0.6 is 0 Å². The van der Waals surface area contributed by atoms with Crippen molar-refractivity contribution in [3.63, 3.8) is 0 Å². The number of H-pyrrole nitrogens is 1. The highest BCUT2D eigenvalue weighted by atomic mass is 16.5. The lowest BCUT2D eigenvalue weighted by molar-refractivity contribution is -0.117. The van der Waals surface area contributed by atoms with Crippen molar-refractivity contribution in [2.45, 2.75) is 6.42 Å². The summed E-state index contributed by atoms with van der Waals surface area (Å²) in [5, 5.41) is 0.845. The van der Waals surface area contributed by atoms with Crippen LogP contribution in [0.3, 0.4) is 0 Å². The summed E-state index contributed by atoms with van der Waals surface area (Å²) in [6, 6.07) is 17.3. The zero-order chi connectivity index (χ0) is 21.4. The summed E-state index contributed by atoms with van der Waals surface area (Å²) >= 11 is 0. The van der Waals surface area contributed by atoms with Gasteiger partial charge in [0.2, 0.25) is 5.91 Å². The normalized spacial score (nSPS) is 14.3. The molecule has 0 bridgehead atoms. The number of morpholine rings is 1. The van der Waals surface area contributed by atoms with Gasteiger partial charge in [0.15, 0.2) is 0 Å². The Bertz CT molecular complexity index is 1290. The molecule has 2 aromatic heterocycles. The molecule has 31 heavy (non-hydrogen) atoms. The molecule has 0 aliphatic carbocycles. The molecule has 0 saturated carbocycles. The topological polar surface area (TPSA) is 101 Å². The Hall–Kier alpha value is -3.71. The number of carbonyl (C=O) groups excluding carboxylic acids is 2. The Morgan fingerprint density at radius 2 is 1.84 bits per heavy atom. The Labute approximate surface area is 178 Å². The number of nitrogens with two attached hydrogens (primary N) is 1. The van der Waals surface area contributed by atoms with Crippen LogP contribution in [-0.4, -0.2) is 53.0 Å². The lowest BCUT2D eigenvalue weighted by atomic mass is 10.0. The number of aromatic nitrogens is 2. The van der Waals surface area contributed by atoms with Crippen molar-refractivity contribution in [1.82, 2.24) is 14.9 Å². The predicted molar refractivity (Wildman–Crippen MR) is 119 cm³/mol. The van der Waals surface area contributed by atoms with Gasteiger partial charge in [-0.25, -0.2) is 4.98 Å². The molecule has 1 aliphatic rings. The summed E-state index contributed by atoms with van der Waals surface area (Å²) < 4.78 is 5.35. The average Bonchev–Trinajstić information content (AvgIpc) is 3.18. The van der Waals surface area contributed by atoms with Gasteiger partial charge in [0.1, 0.15) is 0 Å². The number of hydrogen-bond acceptors (Lipinski definition) is 4. The minimum absolute atomic E-state index is 0.0175. The second kappa shape index (κ2) is 7.85. The number of carbonyl (C=O) groups is 2. The van der Waals surface area contributed by atoms with Gasteiger partial charge in [-0.1, -0.05) is 30.3 Å². The number of pyridine rings is 1. The van der Waals surface area contributed by atoms with Gasteiger partial charge in [-0.2, -0.15) is 0 Å². The minimum Gasteiger partial charge on any atom is -0.378 e. The molecule has 0 spiro atoms. The van der Waals surface area contributed by atoms with Gasteiger partial charge in [-0.3, -0.25) is 9.59 Å². The quantitative estimate of drug-likeness (QED) is 0.536. The fourth-order valence-electron chi connectivity index (χ4n) is 4.08. The molecule has 0 unspecified atom stereocenters. The highest BCUT2D eigenvalue weighted by Crippen LogP contribution is 2.31. The third kappa shape index (κ3) is 3.64. The first-order chi connectivity index (χ1) is 15.1. The third-order valence-corrected chi connectivity index (χ3v) is 5.61. The predicted octanol–water partition coefficient (Wildman–Crippen LogP) is 2.88. The molecule has 7 nitrogen and oxygen atoms in total. The number of aromatic amines is 1. The van der Waals surface area contributed by atoms with Crippen molar-refractivity contribution in [2.75, 3.05) is 26.3 Å². The van der Waals surface area contributed by atoms with Crippen molar-refractivity contribution in [1.29, 1.82) is 0 Å². The minimum atomic E-state index is -0.409. The number of fused-ring (bicyclic) bond motifs is 3. The van der Waals surface area contributed by atoms with Crippen LogP contribution < -0.4 is 5.73 Å². The molecular weight excluding hydrogens is 392 g/mol. The summed E-state index contributed by atoms with van der Waals surface area (Å²) in [5.74, 6) is -0.426. The number of rotatable bonds is 4. The third-order valence-electron chi connectivity index (χ3n) is 5.61. The average molecular weight is 414 g/mol. The number of amides is 2. The largest absolute Gasteiger partial charge is 0.378 e. The zero-order valence-electron chi connectivity index (χ0n) is 16.9. The maximum absolute atomic E-state index is 13.0. The molecule has 2 amide bonds. The van der Waals surface area contributed by atoms with Crippen LogP contribution in [0.15, 0.2) is 54.6 Å². The van der Waals surface area contributed by atoms with Gasteiger partial charge in [0.25, 0.3) is 5.91 Å². The molecule has 1 fully saturated rings. The summed E-state index contributed by atoms with van der Waals surface area (Å²) in [7, 11) is 0. The molecule has 3 N–H and O–H groups in total. The SMILES string of the molecule is NC(=O)Cc1cc(-c2ccccc2)nc2c1[nH]c1ccc(C(=O)N3CCOCC3)cc12. The van der Waals surface area contributed by atoms with Gasteiger partial charge in [0, 0.05) is 35.1 Å². The van der Waals surface area contributed by atoms with E-state index >= 15 is 0 Å². The van der Waals surface area contributed by atoms with Crippen LogP contribution in [0.1, 0.15) is 15.9 Å². The van der Waals surface area contributed by atoms with Crippen LogP contribution in [-0.2, 0) is 16.0 Å². The van der Waals surface area contributed by atoms with Crippen molar-refractivity contribution in [3.05, 3.63) is 65.7 Å². The molecule has 7 heteroatoms. The van der Waals surface area contributed by atoms with Crippen LogP contribution in [0.4, 0.5) is 0 Å². The van der Waals surface area contributed by atoms with E-state index in [1.54, 1.807) is 4.90 Å². The Balaban J connectivity index is 1.67. The molecule has 1 saturated heterocycles. The second-order valence-electron chi connectivity index (χ2n) is 7.69. The lowest BCUT2D eigenvalue weighted by Crippen LogP contribution is -2.40. The highest BCUT2D eigenvalue weighted by Gasteiger charge is 2.20. The molecule has 0 radical (unpaired) electrons. The zero-order valence-corrected chi connectivity index (χ0v) is 16.9. The fraction of sp³-hybridized carbons (Fsp3) is 0.208. The second-order valence-corrected chi connectivity index (χ2v) is 7.69. The van der Waals surface area contributed by atoms with E-state index < -0.39 is 5.91 Å². The Morgan fingerprint density at radius 1 is 1.06 bits per heavy atom. The Kier molecular flexibility index (Phi) is 4.88. The van der Waals surface area contributed by atoms with Crippen LogP contribution in [0.25, 0.3) is 33.2 Å². The maximum atomic E-state index is 13.0. The highest BCUT2D eigenvalue weighted by molar-refractivity contribution is 6.10.